The van der Waals surface area contributed by atoms with Crippen LogP contribution in [0.4, 0.5) is 0 Å². The molecule has 2 aromatic rings. The molecule has 27 heavy (non-hydrogen) atoms. The molecule has 0 unspecified atom stereocenters. The molecule has 0 atom stereocenters. The molecule has 1 aromatic heterocycles. The quantitative estimate of drug-likeness (QED) is 0.237. The summed E-state index contributed by atoms with van der Waals surface area (Å²) in [6.45, 7) is 7.19. The number of hydrogen-bond donors (Lipinski definition) is 2. The zero-order chi connectivity index (χ0) is 18.8. The molecular weight excluding hydrogens is 479 g/mol. The summed E-state index contributed by atoms with van der Waals surface area (Å²) in [5.74, 6) is 2.44. The normalized spacial score (nSPS) is 11.2. The van der Waals surface area contributed by atoms with E-state index in [4.69, 9.17) is 16.3 Å². The van der Waals surface area contributed by atoms with Gasteiger partial charge in [0.2, 0.25) is 0 Å². The van der Waals surface area contributed by atoms with Crippen LogP contribution in [-0.2, 0) is 24.9 Å². The molecule has 2 rings (SSSR count). The van der Waals surface area contributed by atoms with E-state index < -0.39 is 0 Å². The number of halogens is 2. The molecule has 1 aromatic carbocycles. The van der Waals surface area contributed by atoms with Crippen molar-refractivity contribution in [2.75, 3.05) is 19.8 Å². The zero-order valence-corrected chi connectivity index (χ0v) is 19.1. The fourth-order valence-electron chi connectivity index (χ4n) is 2.26. The van der Waals surface area contributed by atoms with Crippen molar-refractivity contribution in [3.05, 3.63) is 46.5 Å². The number of aryl methyl sites for hydroxylation is 1. The minimum Gasteiger partial charge on any atom is -0.382 e. The first kappa shape index (κ1) is 23.6. The summed E-state index contributed by atoms with van der Waals surface area (Å²) in [6.07, 6.45) is 0.906. The summed E-state index contributed by atoms with van der Waals surface area (Å²) in [7, 11) is 1.95. The Hall–Kier alpha value is -1.39. The van der Waals surface area contributed by atoms with Crippen LogP contribution in [-0.4, -0.2) is 40.5 Å². The van der Waals surface area contributed by atoms with Gasteiger partial charge in [-0.25, -0.2) is 4.99 Å². The van der Waals surface area contributed by atoms with E-state index in [-0.39, 0.29) is 24.0 Å². The average molecular weight is 507 g/mol. The van der Waals surface area contributed by atoms with Gasteiger partial charge in [-0.1, -0.05) is 29.8 Å². The van der Waals surface area contributed by atoms with Gasteiger partial charge in [0.25, 0.3) is 0 Å². The van der Waals surface area contributed by atoms with E-state index in [2.05, 4.69) is 25.8 Å². The Balaban J connectivity index is 0.00000364. The van der Waals surface area contributed by atoms with Gasteiger partial charge in [0.05, 0.1) is 13.1 Å². The van der Waals surface area contributed by atoms with Crippen molar-refractivity contribution in [3.8, 4) is 0 Å². The Morgan fingerprint density at radius 3 is 2.70 bits per heavy atom. The molecule has 0 aliphatic rings. The van der Waals surface area contributed by atoms with E-state index in [0.717, 1.165) is 48.4 Å². The summed E-state index contributed by atoms with van der Waals surface area (Å²) in [5.41, 5.74) is 0.985. The highest BCUT2D eigenvalue weighted by atomic mass is 127. The largest absolute Gasteiger partial charge is 0.382 e. The SMILES string of the molecule is CCOCCCNC(=NCc1ccccc1Cl)NCc1nnc(C)n1C.I. The summed E-state index contributed by atoms with van der Waals surface area (Å²) in [6, 6.07) is 7.72. The van der Waals surface area contributed by atoms with E-state index in [9.17, 15) is 0 Å². The molecule has 0 amide bonds. The smallest absolute Gasteiger partial charge is 0.191 e. The maximum Gasteiger partial charge on any atom is 0.191 e. The van der Waals surface area contributed by atoms with E-state index in [0.29, 0.717) is 19.0 Å². The van der Waals surface area contributed by atoms with Crippen molar-refractivity contribution in [3.63, 3.8) is 0 Å². The Labute approximate surface area is 183 Å². The van der Waals surface area contributed by atoms with Crippen LogP contribution in [0.15, 0.2) is 29.3 Å². The van der Waals surface area contributed by atoms with Gasteiger partial charge >= 0.3 is 0 Å². The van der Waals surface area contributed by atoms with Crippen molar-refractivity contribution in [1.82, 2.24) is 25.4 Å². The molecule has 2 N–H and O–H groups in total. The van der Waals surface area contributed by atoms with E-state index >= 15 is 0 Å². The number of hydrogen-bond acceptors (Lipinski definition) is 4. The lowest BCUT2D eigenvalue weighted by Gasteiger charge is -2.13. The standard InChI is InChI=1S/C18H27ClN6O.HI/c1-4-26-11-7-10-20-18(21-12-15-8-5-6-9-16(15)19)22-13-17-24-23-14(2)25(17)3;/h5-6,8-9H,4,7,10-13H2,1-3H3,(H2,20,21,22);1H. The predicted molar refractivity (Wildman–Crippen MR) is 120 cm³/mol. The summed E-state index contributed by atoms with van der Waals surface area (Å²) < 4.78 is 7.32. The molecular formula is C18H28ClIN6O. The van der Waals surface area contributed by atoms with Crippen molar-refractivity contribution >= 4 is 41.5 Å². The lowest BCUT2D eigenvalue weighted by molar-refractivity contribution is 0.145. The van der Waals surface area contributed by atoms with Crippen LogP contribution in [0.2, 0.25) is 5.02 Å². The minimum atomic E-state index is 0. The van der Waals surface area contributed by atoms with Crippen LogP contribution >= 0.6 is 35.6 Å². The topological polar surface area (TPSA) is 76.4 Å². The molecule has 0 bridgehead atoms. The molecule has 7 nitrogen and oxygen atoms in total. The number of ether oxygens (including phenoxy) is 1. The maximum absolute atomic E-state index is 6.22. The number of nitrogens with zero attached hydrogens (tertiary/aromatic N) is 4. The van der Waals surface area contributed by atoms with Gasteiger partial charge in [0.15, 0.2) is 11.8 Å². The summed E-state index contributed by atoms with van der Waals surface area (Å²) >= 11 is 6.22. The van der Waals surface area contributed by atoms with Crippen molar-refractivity contribution in [2.24, 2.45) is 12.0 Å². The minimum absolute atomic E-state index is 0. The number of benzene rings is 1. The Morgan fingerprint density at radius 1 is 1.26 bits per heavy atom. The molecule has 9 heteroatoms. The molecule has 0 saturated carbocycles. The highest BCUT2D eigenvalue weighted by Crippen LogP contribution is 2.15. The van der Waals surface area contributed by atoms with Gasteiger partial charge in [0, 0.05) is 31.8 Å². The third-order valence-corrected chi connectivity index (χ3v) is 4.29. The molecule has 0 fully saturated rings. The second kappa shape index (κ2) is 12.9. The molecule has 0 aliphatic carbocycles. The van der Waals surface area contributed by atoms with E-state index in [1.165, 1.54) is 0 Å². The number of guanidine groups is 1. The average Bonchev–Trinajstić information content (AvgIpc) is 2.96. The van der Waals surface area contributed by atoms with Crippen LogP contribution in [0.3, 0.4) is 0 Å². The van der Waals surface area contributed by atoms with Crippen LogP contribution < -0.4 is 10.6 Å². The Bertz CT molecular complexity index is 722. The van der Waals surface area contributed by atoms with Gasteiger partial charge < -0.3 is 19.9 Å². The molecule has 0 aliphatic heterocycles. The van der Waals surface area contributed by atoms with Crippen molar-refractivity contribution < 1.29 is 4.74 Å². The third-order valence-electron chi connectivity index (χ3n) is 3.92. The molecule has 0 radical (unpaired) electrons. The van der Waals surface area contributed by atoms with Crippen molar-refractivity contribution in [1.29, 1.82) is 0 Å². The first-order chi connectivity index (χ1) is 12.6. The van der Waals surface area contributed by atoms with Crippen molar-refractivity contribution in [2.45, 2.75) is 33.4 Å². The highest BCUT2D eigenvalue weighted by molar-refractivity contribution is 14.0. The molecule has 0 spiro atoms. The summed E-state index contributed by atoms with van der Waals surface area (Å²) in [4.78, 5) is 4.64. The number of rotatable bonds is 9. The maximum atomic E-state index is 6.22. The van der Waals surface area contributed by atoms with Gasteiger partial charge in [-0.3, -0.25) is 0 Å². The Morgan fingerprint density at radius 2 is 2.04 bits per heavy atom. The first-order valence-corrected chi connectivity index (χ1v) is 9.17. The second-order valence-electron chi connectivity index (χ2n) is 5.81. The third kappa shape index (κ3) is 8.02. The fourth-order valence-corrected chi connectivity index (χ4v) is 2.45. The lowest BCUT2D eigenvalue weighted by atomic mass is 10.2. The van der Waals surface area contributed by atoms with Crippen LogP contribution in [0.1, 0.15) is 30.6 Å². The van der Waals surface area contributed by atoms with Crippen LogP contribution in [0.25, 0.3) is 0 Å². The van der Waals surface area contributed by atoms with E-state index in [1.807, 2.05) is 49.7 Å². The first-order valence-electron chi connectivity index (χ1n) is 8.80. The molecule has 0 saturated heterocycles. The highest BCUT2D eigenvalue weighted by Gasteiger charge is 2.06. The molecule has 1 heterocycles. The number of aliphatic imine (C=N–C) groups is 1. The summed E-state index contributed by atoms with van der Waals surface area (Å²) in [5, 5.41) is 15.6. The monoisotopic (exact) mass is 506 g/mol. The van der Waals surface area contributed by atoms with Crippen LogP contribution in [0, 0.1) is 6.92 Å². The van der Waals surface area contributed by atoms with Gasteiger partial charge in [0.1, 0.15) is 5.82 Å². The van der Waals surface area contributed by atoms with Crippen LogP contribution in [0.5, 0.6) is 0 Å². The van der Waals surface area contributed by atoms with Gasteiger partial charge in [-0.05, 0) is 31.9 Å². The fraction of sp³-hybridized carbons (Fsp3) is 0.500. The zero-order valence-electron chi connectivity index (χ0n) is 16.0. The lowest BCUT2D eigenvalue weighted by Crippen LogP contribution is -2.38. The second-order valence-corrected chi connectivity index (χ2v) is 6.22. The number of nitrogens with one attached hydrogen (secondary N) is 2. The van der Waals surface area contributed by atoms with E-state index in [1.54, 1.807) is 0 Å². The molecule has 150 valence electrons. The van der Waals surface area contributed by atoms with Gasteiger partial charge in [-0.15, -0.1) is 34.2 Å². The Kier molecular flexibility index (Phi) is 11.3. The predicted octanol–water partition coefficient (Wildman–Crippen LogP) is 3.06. The van der Waals surface area contributed by atoms with Gasteiger partial charge in [-0.2, -0.15) is 0 Å². The number of aromatic nitrogens is 3.